The van der Waals surface area contributed by atoms with E-state index in [4.69, 9.17) is 22.4 Å². The zero-order chi connectivity index (χ0) is 9.03. The lowest BCUT2D eigenvalue weighted by Crippen LogP contribution is -2.51. The first-order valence-corrected chi connectivity index (χ1v) is 5.34. The summed E-state index contributed by atoms with van der Waals surface area (Å²) in [5, 5.41) is 0. The van der Waals surface area contributed by atoms with Gasteiger partial charge in [0.25, 0.3) is 0 Å². The molecular weight excluding hydrogens is 180 g/mol. The average molecular weight is 194 g/mol. The molecule has 0 aromatic heterocycles. The Morgan fingerprint density at radius 1 is 1.17 bits per heavy atom. The standard InChI is InChI=1S/C6H14O5Si/c1-7-12(8-2,9-3)11-6-4-5-10-6/h6H,4-5H2,1-3H3. The molecular formula is C6H14O5Si. The van der Waals surface area contributed by atoms with Crippen LogP contribution in [0.5, 0.6) is 0 Å². The summed E-state index contributed by atoms with van der Waals surface area (Å²) in [7, 11) is 1.62. The topological polar surface area (TPSA) is 46.2 Å². The van der Waals surface area contributed by atoms with Gasteiger partial charge in [0.05, 0.1) is 6.61 Å². The molecule has 1 aliphatic rings. The first-order chi connectivity index (χ1) is 5.76. The average Bonchev–Trinajstić information content (AvgIpc) is 2.05. The maximum atomic E-state index is 5.37. The molecule has 1 atom stereocenters. The Morgan fingerprint density at radius 2 is 1.67 bits per heavy atom. The predicted octanol–water partition coefficient (Wildman–Crippen LogP) is 0.124. The first-order valence-electron chi connectivity index (χ1n) is 3.71. The van der Waals surface area contributed by atoms with Crippen molar-refractivity contribution in [3.05, 3.63) is 0 Å². The lowest BCUT2D eigenvalue weighted by molar-refractivity contribution is -0.204. The van der Waals surface area contributed by atoms with Gasteiger partial charge in [-0.15, -0.1) is 0 Å². The zero-order valence-corrected chi connectivity index (χ0v) is 8.53. The fourth-order valence-electron chi connectivity index (χ4n) is 0.862. The van der Waals surface area contributed by atoms with E-state index in [0.29, 0.717) is 0 Å². The highest BCUT2D eigenvalue weighted by molar-refractivity contribution is 6.53. The van der Waals surface area contributed by atoms with Crippen LogP contribution < -0.4 is 0 Å². The summed E-state index contributed by atoms with van der Waals surface area (Å²) in [6, 6.07) is 0. The Kier molecular flexibility index (Phi) is 3.63. The van der Waals surface area contributed by atoms with Crippen LogP contribution in [0, 0.1) is 0 Å². The van der Waals surface area contributed by atoms with E-state index in [2.05, 4.69) is 0 Å². The SMILES string of the molecule is CO[Si](OC)(OC)OC1CCO1. The van der Waals surface area contributed by atoms with Gasteiger partial charge in [0, 0.05) is 27.8 Å². The van der Waals surface area contributed by atoms with Gasteiger partial charge in [-0.1, -0.05) is 0 Å². The summed E-state index contributed by atoms with van der Waals surface area (Å²) in [6.07, 6.45) is 0.640. The third-order valence-electron chi connectivity index (χ3n) is 1.68. The third-order valence-corrected chi connectivity index (χ3v) is 3.73. The van der Waals surface area contributed by atoms with Gasteiger partial charge in [-0.05, 0) is 0 Å². The van der Waals surface area contributed by atoms with Gasteiger partial charge in [-0.2, -0.15) is 0 Å². The molecule has 1 fully saturated rings. The van der Waals surface area contributed by atoms with Gasteiger partial charge in [-0.3, -0.25) is 0 Å². The van der Waals surface area contributed by atoms with Crippen LogP contribution in [0.4, 0.5) is 0 Å². The summed E-state index contributed by atoms with van der Waals surface area (Å²) < 4.78 is 25.5. The van der Waals surface area contributed by atoms with E-state index in [1.54, 1.807) is 0 Å². The fraction of sp³-hybridized carbons (Fsp3) is 1.00. The van der Waals surface area contributed by atoms with Gasteiger partial charge >= 0.3 is 9.05 Å². The van der Waals surface area contributed by atoms with Gasteiger partial charge in [0.1, 0.15) is 0 Å². The number of ether oxygens (including phenoxy) is 1. The minimum absolute atomic E-state index is 0.225. The number of rotatable bonds is 5. The molecule has 72 valence electrons. The molecule has 1 heterocycles. The molecule has 0 aromatic carbocycles. The van der Waals surface area contributed by atoms with E-state index in [1.807, 2.05) is 0 Å². The highest BCUT2D eigenvalue weighted by atomic mass is 28.4. The molecule has 1 saturated heterocycles. The quantitative estimate of drug-likeness (QED) is 0.582. The minimum atomic E-state index is -2.88. The normalized spacial score (nSPS) is 23.8. The van der Waals surface area contributed by atoms with Gasteiger partial charge in [0.2, 0.25) is 0 Å². The van der Waals surface area contributed by atoms with E-state index in [9.17, 15) is 0 Å². The molecule has 0 radical (unpaired) electrons. The summed E-state index contributed by atoms with van der Waals surface area (Å²) in [5.41, 5.74) is 0. The molecule has 1 unspecified atom stereocenters. The molecule has 5 nitrogen and oxygen atoms in total. The highest BCUT2D eigenvalue weighted by Crippen LogP contribution is 2.19. The Morgan fingerprint density at radius 3 is 1.92 bits per heavy atom. The molecule has 0 amide bonds. The van der Waals surface area contributed by atoms with Crippen LogP contribution in [0.15, 0.2) is 0 Å². The van der Waals surface area contributed by atoms with Crippen LogP contribution >= 0.6 is 0 Å². The van der Waals surface area contributed by atoms with Crippen molar-refractivity contribution in [2.24, 2.45) is 0 Å². The Hall–Kier alpha value is 0.0169. The molecule has 1 rings (SSSR count). The number of hydrogen-bond acceptors (Lipinski definition) is 5. The monoisotopic (exact) mass is 194 g/mol. The number of hydrogen-bond donors (Lipinski definition) is 0. The van der Waals surface area contributed by atoms with Crippen molar-refractivity contribution >= 4 is 9.05 Å². The van der Waals surface area contributed by atoms with E-state index in [0.717, 1.165) is 13.0 Å². The summed E-state index contributed by atoms with van der Waals surface area (Å²) in [4.78, 5) is 0. The van der Waals surface area contributed by atoms with Gasteiger partial charge < -0.3 is 22.4 Å². The Balaban J connectivity index is 2.39. The summed E-state index contributed by atoms with van der Waals surface area (Å²) >= 11 is 0. The molecule has 0 N–H and O–H groups in total. The van der Waals surface area contributed by atoms with Crippen molar-refractivity contribution in [3.8, 4) is 0 Å². The van der Waals surface area contributed by atoms with Crippen LogP contribution in [-0.4, -0.2) is 43.3 Å². The van der Waals surface area contributed by atoms with Crippen molar-refractivity contribution in [3.63, 3.8) is 0 Å². The van der Waals surface area contributed by atoms with Crippen LogP contribution in [0.3, 0.4) is 0 Å². The Labute approximate surface area is 73.0 Å². The van der Waals surface area contributed by atoms with Crippen LogP contribution in [-0.2, 0) is 22.4 Å². The smallest absolute Gasteiger partial charge is 0.355 e. The Bertz CT molecular complexity index is 126. The highest BCUT2D eigenvalue weighted by Gasteiger charge is 2.46. The predicted molar refractivity (Wildman–Crippen MR) is 42.2 cm³/mol. The fourth-order valence-corrected chi connectivity index (χ4v) is 2.16. The minimum Gasteiger partial charge on any atom is -0.355 e. The third kappa shape index (κ3) is 2.03. The first kappa shape index (κ1) is 10.1. The zero-order valence-electron chi connectivity index (χ0n) is 7.53. The molecule has 0 aliphatic carbocycles. The molecule has 12 heavy (non-hydrogen) atoms. The van der Waals surface area contributed by atoms with Crippen molar-refractivity contribution in [1.29, 1.82) is 0 Å². The summed E-state index contributed by atoms with van der Waals surface area (Å²) in [6.45, 7) is 0.728. The van der Waals surface area contributed by atoms with E-state index in [1.165, 1.54) is 21.3 Å². The largest absolute Gasteiger partial charge is 0.680 e. The maximum Gasteiger partial charge on any atom is 0.680 e. The summed E-state index contributed by atoms with van der Waals surface area (Å²) in [5.74, 6) is 0. The van der Waals surface area contributed by atoms with Crippen molar-refractivity contribution < 1.29 is 22.4 Å². The van der Waals surface area contributed by atoms with Gasteiger partial charge in [-0.25, -0.2) is 0 Å². The van der Waals surface area contributed by atoms with Crippen LogP contribution in [0.1, 0.15) is 6.42 Å². The molecule has 0 bridgehead atoms. The second-order valence-corrected chi connectivity index (χ2v) is 4.78. The van der Waals surface area contributed by atoms with Crippen molar-refractivity contribution in [2.45, 2.75) is 12.7 Å². The molecule has 1 aliphatic heterocycles. The lowest BCUT2D eigenvalue weighted by Gasteiger charge is -2.32. The van der Waals surface area contributed by atoms with Crippen LogP contribution in [0.2, 0.25) is 0 Å². The lowest BCUT2D eigenvalue weighted by atomic mass is 10.4. The van der Waals surface area contributed by atoms with E-state index in [-0.39, 0.29) is 6.29 Å². The van der Waals surface area contributed by atoms with E-state index >= 15 is 0 Å². The molecule has 0 aromatic rings. The van der Waals surface area contributed by atoms with Gasteiger partial charge in [0.15, 0.2) is 6.29 Å². The maximum absolute atomic E-state index is 5.37. The van der Waals surface area contributed by atoms with Crippen LogP contribution in [0.25, 0.3) is 0 Å². The van der Waals surface area contributed by atoms with Crippen molar-refractivity contribution in [2.75, 3.05) is 27.9 Å². The second-order valence-electron chi connectivity index (χ2n) is 2.32. The second kappa shape index (κ2) is 4.31. The molecule has 6 heteroatoms. The molecule has 0 spiro atoms. The van der Waals surface area contributed by atoms with E-state index < -0.39 is 9.05 Å². The molecule has 0 saturated carbocycles. The van der Waals surface area contributed by atoms with Crippen molar-refractivity contribution in [1.82, 2.24) is 0 Å².